The third-order valence-corrected chi connectivity index (χ3v) is 2.67. The summed E-state index contributed by atoms with van der Waals surface area (Å²) in [6.07, 6.45) is 1.15. The molecule has 0 unspecified atom stereocenters. The molecule has 0 aliphatic carbocycles. The van der Waals surface area contributed by atoms with Gasteiger partial charge in [-0.15, -0.1) is 0 Å². The van der Waals surface area contributed by atoms with E-state index in [1.165, 1.54) is 11.1 Å². The van der Waals surface area contributed by atoms with Crippen molar-refractivity contribution in [2.75, 3.05) is 19.8 Å². The van der Waals surface area contributed by atoms with Gasteiger partial charge in [0.1, 0.15) is 0 Å². The first-order valence-corrected chi connectivity index (χ1v) is 6.52. The Kier molecular flexibility index (Phi) is 6.90. The van der Waals surface area contributed by atoms with Gasteiger partial charge in [0.15, 0.2) is 0 Å². The molecule has 0 spiro atoms. The van der Waals surface area contributed by atoms with Gasteiger partial charge in [-0.1, -0.05) is 43.7 Å². The summed E-state index contributed by atoms with van der Waals surface area (Å²) >= 11 is 0. The number of aryl methyl sites for hydroxylation is 1. The average molecular weight is 235 g/mol. The van der Waals surface area contributed by atoms with E-state index in [4.69, 9.17) is 4.74 Å². The van der Waals surface area contributed by atoms with Gasteiger partial charge in [-0.25, -0.2) is 0 Å². The zero-order valence-electron chi connectivity index (χ0n) is 11.3. The molecule has 1 aromatic carbocycles. The zero-order chi connectivity index (χ0) is 12.5. The first-order valence-electron chi connectivity index (χ1n) is 6.52. The lowest BCUT2D eigenvalue weighted by Gasteiger charge is -2.08. The molecule has 17 heavy (non-hydrogen) atoms. The van der Waals surface area contributed by atoms with E-state index in [0.29, 0.717) is 0 Å². The van der Waals surface area contributed by atoms with Gasteiger partial charge in [-0.05, 0) is 24.8 Å². The molecular formula is C15H25NO. The lowest BCUT2D eigenvalue weighted by molar-refractivity contribution is 0.125. The molecule has 2 heteroatoms. The molecule has 1 aromatic rings. The van der Waals surface area contributed by atoms with Crippen molar-refractivity contribution in [2.45, 2.75) is 33.7 Å². The summed E-state index contributed by atoms with van der Waals surface area (Å²) in [4.78, 5) is 0. The lowest BCUT2D eigenvalue weighted by atomic mass is 10.1. The van der Waals surface area contributed by atoms with Crippen LogP contribution in [0.2, 0.25) is 0 Å². The average Bonchev–Trinajstić information content (AvgIpc) is 2.27. The van der Waals surface area contributed by atoms with E-state index in [0.717, 1.165) is 38.6 Å². The summed E-state index contributed by atoms with van der Waals surface area (Å²) in [5.74, 6) is 0.732. The highest BCUT2D eigenvalue weighted by Gasteiger charge is 1.95. The molecule has 0 amide bonds. The Morgan fingerprint density at radius 2 is 2.06 bits per heavy atom. The number of nitrogens with one attached hydrogen (secondary N) is 1. The van der Waals surface area contributed by atoms with E-state index in [2.05, 4.69) is 50.4 Å². The molecule has 0 radical (unpaired) electrons. The van der Waals surface area contributed by atoms with E-state index >= 15 is 0 Å². The summed E-state index contributed by atoms with van der Waals surface area (Å²) < 4.78 is 5.54. The van der Waals surface area contributed by atoms with Crippen LogP contribution in [0.4, 0.5) is 0 Å². The van der Waals surface area contributed by atoms with Crippen LogP contribution < -0.4 is 5.32 Å². The van der Waals surface area contributed by atoms with Crippen LogP contribution in [0.25, 0.3) is 0 Å². The quantitative estimate of drug-likeness (QED) is 0.699. The predicted molar refractivity (Wildman–Crippen MR) is 73.2 cm³/mol. The van der Waals surface area contributed by atoms with Gasteiger partial charge in [-0.3, -0.25) is 0 Å². The third-order valence-electron chi connectivity index (χ3n) is 2.67. The van der Waals surface area contributed by atoms with Gasteiger partial charge >= 0.3 is 0 Å². The van der Waals surface area contributed by atoms with Crippen LogP contribution in [0.15, 0.2) is 24.3 Å². The van der Waals surface area contributed by atoms with Crippen molar-refractivity contribution in [1.82, 2.24) is 5.32 Å². The monoisotopic (exact) mass is 235 g/mol. The number of rotatable bonds is 8. The van der Waals surface area contributed by atoms with Crippen molar-refractivity contribution in [3.8, 4) is 0 Å². The van der Waals surface area contributed by atoms with Gasteiger partial charge in [0, 0.05) is 19.7 Å². The van der Waals surface area contributed by atoms with Crippen LogP contribution in [-0.2, 0) is 11.3 Å². The Morgan fingerprint density at radius 1 is 1.24 bits per heavy atom. The number of benzene rings is 1. The fourth-order valence-electron chi connectivity index (χ4n) is 1.62. The van der Waals surface area contributed by atoms with Gasteiger partial charge in [0.25, 0.3) is 0 Å². The topological polar surface area (TPSA) is 21.3 Å². The van der Waals surface area contributed by atoms with Crippen LogP contribution >= 0.6 is 0 Å². The fraction of sp³-hybridized carbons (Fsp3) is 0.600. The number of hydrogen-bond donors (Lipinski definition) is 1. The maximum atomic E-state index is 5.54. The largest absolute Gasteiger partial charge is 0.380 e. The van der Waals surface area contributed by atoms with Crippen LogP contribution in [0, 0.1) is 12.8 Å². The molecule has 0 aliphatic rings. The van der Waals surface area contributed by atoms with Crippen LogP contribution in [0.3, 0.4) is 0 Å². The van der Waals surface area contributed by atoms with E-state index in [-0.39, 0.29) is 0 Å². The zero-order valence-corrected chi connectivity index (χ0v) is 11.3. The molecule has 1 rings (SSSR count). The molecule has 1 N–H and O–H groups in total. The summed E-state index contributed by atoms with van der Waals surface area (Å²) in [7, 11) is 0. The highest BCUT2D eigenvalue weighted by molar-refractivity contribution is 5.21. The lowest BCUT2D eigenvalue weighted by Crippen LogP contribution is -2.19. The van der Waals surface area contributed by atoms with Gasteiger partial charge in [-0.2, -0.15) is 0 Å². The first kappa shape index (κ1) is 14.2. The molecule has 2 nitrogen and oxygen atoms in total. The molecule has 0 atom stereocenters. The Bertz CT molecular complexity index is 310. The van der Waals surface area contributed by atoms with Gasteiger partial charge in [0.2, 0.25) is 0 Å². The van der Waals surface area contributed by atoms with Crippen LogP contribution in [0.1, 0.15) is 31.4 Å². The molecule has 96 valence electrons. The molecule has 0 fully saturated rings. The smallest absolute Gasteiger partial charge is 0.0591 e. The number of hydrogen-bond acceptors (Lipinski definition) is 2. The van der Waals surface area contributed by atoms with E-state index in [1.807, 2.05) is 0 Å². The predicted octanol–water partition coefficient (Wildman–Crippen LogP) is 3.15. The molecule has 0 bridgehead atoms. The molecular weight excluding hydrogens is 210 g/mol. The highest BCUT2D eigenvalue weighted by atomic mass is 16.5. The Balaban J connectivity index is 2.01. The van der Waals surface area contributed by atoms with Crippen LogP contribution in [0.5, 0.6) is 0 Å². The Morgan fingerprint density at radius 3 is 2.76 bits per heavy atom. The summed E-state index contributed by atoms with van der Waals surface area (Å²) in [6.45, 7) is 10.1. The minimum atomic E-state index is 0.732. The summed E-state index contributed by atoms with van der Waals surface area (Å²) in [5.41, 5.74) is 2.66. The number of ether oxygens (including phenoxy) is 1. The molecule has 0 aromatic heterocycles. The van der Waals surface area contributed by atoms with E-state index in [1.54, 1.807) is 0 Å². The molecule has 0 saturated heterocycles. The normalized spacial score (nSPS) is 11.1. The maximum Gasteiger partial charge on any atom is 0.0591 e. The summed E-state index contributed by atoms with van der Waals surface area (Å²) in [6, 6.07) is 8.59. The van der Waals surface area contributed by atoms with Crippen molar-refractivity contribution in [1.29, 1.82) is 0 Å². The molecule has 0 heterocycles. The maximum absolute atomic E-state index is 5.54. The molecule has 0 aliphatic heterocycles. The van der Waals surface area contributed by atoms with Gasteiger partial charge < -0.3 is 10.1 Å². The highest BCUT2D eigenvalue weighted by Crippen LogP contribution is 2.03. The first-order chi connectivity index (χ1) is 8.18. The summed E-state index contributed by atoms with van der Waals surface area (Å²) in [5, 5.41) is 3.39. The second kappa shape index (κ2) is 8.26. The van der Waals surface area contributed by atoms with E-state index < -0.39 is 0 Å². The third kappa shape index (κ3) is 7.14. The van der Waals surface area contributed by atoms with Crippen molar-refractivity contribution in [3.63, 3.8) is 0 Å². The SMILES string of the molecule is Cc1cccc(CNCCOCCC(C)C)c1. The minimum Gasteiger partial charge on any atom is -0.380 e. The second-order valence-electron chi connectivity index (χ2n) is 4.96. The second-order valence-corrected chi connectivity index (χ2v) is 4.96. The minimum absolute atomic E-state index is 0.732. The van der Waals surface area contributed by atoms with E-state index in [9.17, 15) is 0 Å². The fourth-order valence-corrected chi connectivity index (χ4v) is 1.62. The Hall–Kier alpha value is -0.860. The van der Waals surface area contributed by atoms with Crippen molar-refractivity contribution >= 4 is 0 Å². The Labute approximate surface area is 105 Å². The standard InChI is InChI=1S/C15H25NO/c1-13(2)7-9-17-10-8-16-12-15-6-4-5-14(3)11-15/h4-6,11,13,16H,7-10,12H2,1-3H3. The van der Waals surface area contributed by atoms with Crippen LogP contribution in [-0.4, -0.2) is 19.8 Å². The van der Waals surface area contributed by atoms with Crippen molar-refractivity contribution in [2.24, 2.45) is 5.92 Å². The molecule has 0 saturated carbocycles. The van der Waals surface area contributed by atoms with Gasteiger partial charge in [0.05, 0.1) is 6.61 Å². The van der Waals surface area contributed by atoms with Crippen molar-refractivity contribution in [3.05, 3.63) is 35.4 Å². The van der Waals surface area contributed by atoms with Crippen molar-refractivity contribution < 1.29 is 4.74 Å².